The summed E-state index contributed by atoms with van der Waals surface area (Å²) in [7, 11) is 1.45. The molecule has 0 heterocycles. The van der Waals surface area contributed by atoms with Gasteiger partial charge in [-0.1, -0.05) is 42.5 Å². The maximum absolute atomic E-state index is 13.4. The van der Waals surface area contributed by atoms with Gasteiger partial charge in [0.25, 0.3) is 0 Å². The first kappa shape index (κ1) is 13.1. The molecule has 0 saturated carbocycles. The van der Waals surface area contributed by atoms with Crippen LogP contribution in [0.5, 0.6) is 5.75 Å². The first-order chi connectivity index (χ1) is 9.29. The van der Waals surface area contributed by atoms with Crippen LogP contribution in [0.1, 0.15) is 5.56 Å². The van der Waals surface area contributed by atoms with E-state index in [4.69, 9.17) is 4.74 Å². The highest BCUT2D eigenvalue weighted by Crippen LogP contribution is 2.20. The number of anilines is 1. The zero-order valence-corrected chi connectivity index (χ0v) is 10.8. The third-order valence-electron chi connectivity index (χ3n) is 2.69. The van der Waals surface area contributed by atoms with Gasteiger partial charge in [-0.25, -0.2) is 4.39 Å². The van der Waals surface area contributed by atoms with Crippen LogP contribution in [0.4, 0.5) is 10.1 Å². The van der Waals surface area contributed by atoms with E-state index in [1.54, 1.807) is 12.1 Å². The van der Waals surface area contributed by atoms with E-state index in [1.165, 1.54) is 13.2 Å². The van der Waals surface area contributed by atoms with Crippen molar-refractivity contribution in [1.82, 2.24) is 0 Å². The second-order valence-corrected chi connectivity index (χ2v) is 4.04. The Hall–Kier alpha value is -2.29. The Morgan fingerprint density at radius 3 is 2.63 bits per heavy atom. The van der Waals surface area contributed by atoms with E-state index in [2.05, 4.69) is 5.32 Å². The summed E-state index contributed by atoms with van der Waals surface area (Å²) in [5.41, 5.74) is 1.88. The first-order valence-electron chi connectivity index (χ1n) is 6.08. The molecule has 0 atom stereocenters. The van der Waals surface area contributed by atoms with Crippen LogP contribution in [0, 0.1) is 5.82 Å². The van der Waals surface area contributed by atoms with Crippen molar-refractivity contribution in [3.63, 3.8) is 0 Å². The van der Waals surface area contributed by atoms with Gasteiger partial charge in [-0.15, -0.1) is 0 Å². The second-order valence-electron chi connectivity index (χ2n) is 4.04. The summed E-state index contributed by atoms with van der Waals surface area (Å²) in [5, 5.41) is 3.12. The van der Waals surface area contributed by atoms with Crippen molar-refractivity contribution in [3.05, 3.63) is 66.0 Å². The summed E-state index contributed by atoms with van der Waals surface area (Å²) in [6, 6.07) is 14.9. The van der Waals surface area contributed by atoms with Crippen molar-refractivity contribution in [2.75, 3.05) is 19.0 Å². The van der Waals surface area contributed by atoms with Gasteiger partial charge in [-0.2, -0.15) is 0 Å². The molecule has 2 aromatic carbocycles. The number of rotatable bonds is 5. The normalized spacial score (nSPS) is 10.6. The number of nitrogens with one attached hydrogen (secondary N) is 1. The van der Waals surface area contributed by atoms with Crippen molar-refractivity contribution in [1.29, 1.82) is 0 Å². The van der Waals surface area contributed by atoms with Gasteiger partial charge in [0, 0.05) is 18.3 Å². The van der Waals surface area contributed by atoms with Crippen LogP contribution in [0.25, 0.3) is 6.08 Å². The van der Waals surface area contributed by atoms with E-state index in [9.17, 15) is 4.39 Å². The van der Waals surface area contributed by atoms with Crippen molar-refractivity contribution in [3.8, 4) is 5.75 Å². The molecule has 3 heteroatoms. The van der Waals surface area contributed by atoms with Crippen molar-refractivity contribution < 1.29 is 9.13 Å². The Morgan fingerprint density at radius 1 is 1.16 bits per heavy atom. The summed E-state index contributed by atoms with van der Waals surface area (Å²) in [6.45, 7) is 0.640. The van der Waals surface area contributed by atoms with E-state index < -0.39 is 0 Å². The van der Waals surface area contributed by atoms with Gasteiger partial charge in [-0.3, -0.25) is 0 Å². The lowest BCUT2D eigenvalue weighted by Crippen LogP contribution is -1.99. The van der Waals surface area contributed by atoms with Gasteiger partial charge in [0.15, 0.2) is 11.6 Å². The smallest absolute Gasteiger partial charge is 0.167 e. The van der Waals surface area contributed by atoms with Crippen molar-refractivity contribution in [2.24, 2.45) is 0 Å². The van der Waals surface area contributed by atoms with E-state index in [0.717, 1.165) is 11.3 Å². The summed E-state index contributed by atoms with van der Waals surface area (Å²) in [5.74, 6) is -0.107. The summed E-state index contributed by atoms with van der Waals surface area (Å²) < 4.78 is 18.3. The Balaban J connectivity index is 1.89. The minimum atomic E-state index is -0.362. The molecule has 0 spiro atoms. The Kier molecular flexibility index (Phi) is 4.56. The first-order valence-corrected chi connectivity index (χ1v) is 6.08. The summed E-state index contributed by atoms with van der Waals surface area (Å²) >= 11 is 0. The SMILES string of the molecule is COc1ccc(NCC=Cc2ccccc2)cc1F. The van der Waals surface area contributed by atoms with Crippen molar-refractivity contribution >= 4 is 11.8 Å². The molecule has 0 amide bonds. The molecule has 2 nitrogen and oxygen atoms in total. The molecule has 0 radical (unpaired) electrons. The minimum Gasteiger partial charge on any atom is -0.494 e. The predicted molar refractivity (Wildman–Crippen MR) is 76.9 cm³/mol. The summed E-state index contributed by atoms with van der Waals surface area (Å²) in [4.78, 5) is 0. The molecule has 2 aromatic rings. The molecule has 0 bridgehead atoms. The quantitative estimate of drug-likeness (QED) is 0.875. The maximum Gasteiger partial charge on any atom is 0.167 e. The Bertz CT molecular complexity index is 552. The zero-order chi connectivity index (χ0) is 13.5. The lowest BCUT2D eigenvalue weighted by atomic mass is 10.2. The van der Waals surface area contributed by atoms with Crippen LogP contribution >= 0.6 is 0 Å². The fraction of sp³-hybridized carbons (Fsp3) is 0.125. The van der Waals surface area contributed by atoms with Crippen LogP contribution in [0.2, 0.25) is 0 Å². The van der Waals surface area contributed by atoms with Crippen LogP contribution in [-0.4, -0.2) is 13.7 Å². The Labute approximate surface area is 112 Å². The van der Waals surface area contributed by atoms with E-state index >= 15 is 0 Å². The van der Waals surface area contributed by atoms with E-state index in [-0.39, 0.29) is 11.6 Å². The second kappa shape index (κ2) is 6.59. The largest absolute Gasteiger partial charge is 0.494 e. The molecule has 98 valence electrons. The van der Waals surface area contributed by atoms with Crippen LogP contribution in [0.3, 0.4) is 0 Å². The molecule has 0 aromatic heterocycles. The average molecular weight is 257 g/mol. The molecular formula is C16H16FNO. The molecule has 2 rings (SSSR count). The van der Waals surface area contributed by atoms with Crippen LogP contribution in [-0.2, 0) is 0 Å². The van der Waals surface area contributed by atoms with Crippen molar-refractivity contribution in [2.45, 2.75) is 0 Å². The standard InChI is InChI=1S/C16H16FNO/c1-19-16-10-9-14(12-15(16)17)18-11-5-8-13-6-3-2-4-7-13/h2-10,12,18H,11H2,1H3. The maximum atomic E-state index is 13.4. The molecule has 0 aliphatic rings. The van der Waals surface area contributed by atoms with Gasteiger partial charge in [0.1, 0.15) is 0 Å². The predicted octanol–water partition coefficient (Wildman–Crippen LogP) is 3.96. The lowest BCUT2D eigenvalue weighted by Gasteiger charge is -2.06. The zero-order valence-electron chi connectivity index (χ0n) is 10.8. The molecule has 0 unspecified atom stereocenters. The number of hydrogen-bond acceptors (Lipinski definition) is 2. The summed E-state index contributed by atoms with van der Waals surface area (Å²) in [6.07, 6.45) is 4.02. The minimum absolute atomic E-state index is 0.255. The number of benzene rings is 2. The molecule has 0 aliphatic carbocycles. The molecule has 19 heavy (non-hydrogen) atoms. The topological polar surface area (TPSA) is 21.3 Å². The highest BCUT2D eigenvalue weighted by Gasteiger charge is 2.01. The van der Waals surface area contributed by atoms with Gasteiger partial charge in [-0.05, 0) is 17.7 Å². The fourth-order valence-corrected chi connectivity index (χ4v) is 1.71. The Morgan fingerprint density at radius 2 is 1.95 bits per heavy atom. The molecule has 0 aliphatic heterocycles. The third-order valence-corrected chi connectivity index (χ3v) is 2.69. The van der Waals surface area contributed by atoms with E-state index in [1.807, 2.05) is 42.5 Å². The molecule has 1 N–H and O–H groups in total. The lowest BCUT2D eigenvalue weighted by molar-refractivity contribution is 0.386. The van der Waals surface area contributed by atoms with Gasteiger partial charge in [0.2, 0.25) is 0 Å². The monoisotopic (exact) mass is 257 g/mol. The average Bonchev–Trinajstić information content (AvgIpc) is 2.45. The van der Waals surface area contributed by atoms with E-state index in [0.29, 0.717) is 6.54 Å². The van der Waals surface area contributed by atoms with Crippen LogP contribution in [0.15, 0.2) is 54.6 Å². The third kappa shape index (κ3) is 3.85. The fourth-order valence-electron chi connectivity index (χ4n) is 1.71. The number of methoxy groups -OCH3 is 1. The van der Waals surface area contributed by atoms with Gasteiger partial charge >= 0.3 is 0 Å². The van der Waals surface area contributed by atoms with Crippen LogP contribution < -0.4 is 10.1 Å². The number of hydrogen-bond donors (Lipinski definition) is 1. The van der Waals surface area contributed by atoms with Gasteiger partial charge < -0.3 is 10.1 Å². The number of ether oxygens (including phenoxy) is 1. The highest BCUT2D eigenvalue weighted by molar-refractivity contribution is 5.51. The molecule has 0 fully saturated rings. The number of halogens is 1. The molecule has 0 saturated heterocycles. The highest BCUT2D eigenvalue weighted by atomic mass is 19.1. The van der Waals surface area contributed by atoms with Gasteiger partial charge in [0.05, 0.1) is 7.11 Å². The molecular weight excluding hydrogens is 241 g/mol.